The van der Waals surface area contributed by atoms with E-state index >= 15 is 0 Å². The third-order valence-corrected chi connectivity index (χ3v) is 4.20. The van der Waals surface area contributed by atoms with Gasteiger partial charge in [0, 0.05) is 12.2 Å². The molecular weight excluding hydrogens is 254 g/mol. The number of amides is 3. The van der Waals surface area contributed by atoms with Gasteiger partial charge in [0.15, 0.2) is 0 Å². The lowest BCUT2D eigenvalue weighted by Gasteiger charge is -2.21. The molecule has 3 amide bonds. The van der Waals surface area contributed by atoms with Gasteiger partial charge >= 0.3 is 6.03 Å². The van der Waals surface area contributed by atoms with E-state index in [0.717, 1.165) is 24.9 Å². The van der Waals surface area contributed by atoms with Crippen LogP contribution in [0.2, 0.25) is 0 Å². The van der Waals surface area contributed by atoms with Crippen molar-refractivity contribution >= 4 is 17.6 Å². The standard InChI is InChI=1S/C15H19N3O2/c16-15(20)18-8-2-5-13(18)14(19)17-12-7-6-10-3-1-4-11(10)9-12/h6-7,9,13H,1-5,8H2,(H2,16,20)(H,17,19)/t13-/m0/s1. The lowest BCUT2D eigenvalue weighted by Crippen LogP contribution is -2.45. The van der Waals surface area contributed by atoms with Crippen molar-refractivity contribution in [2.75, 3.05) is 11.9 Å². The number of carbonyl (C=O) groups is 2. The number of hydrogen-bond donors (Lipinski definition) is 2. The molecular formula is C15H19N3O2. The molecule has 0 aromatic heterocycles. The molecule has 0 saturated carbocycles. The second-order valence-electron chi connectivity index (χ2n) is 5.52. The summed E-state index contributed by atoms with van der Waals surface area (Å²) in [6, 6.07) is 5.12. The lowest BCUT2D eigenvalue weighted by molar-refractivity contribution is -0.119. The summed E-state index contributed by atoms with van der Waals surface area (Å²) in [4.78, 5) is 25.0. The highest BCUT2D eigenvalue weighted by molar-refractivity contribution is 5.97. The molecule has 0 bridgehead atoms. The number of anilines is 1. The second kappa shape index (κ2) is 5.15. The molecule has 1 aromatic rings. The Bertz CT molecular complexity index is 556. The summed E-state index contributed by atoms with van der Waals surface area (Å²) in [5.41, 5.74) is 8.81. The maximum Gasteiger partial charge on any atom is 0.315 e. The van der Waals surface area contributed by atoms with Gasteiger partial charge in [0.2, 0.25) is 5.91 Å². The number of urea groups is 1. The number of hydrogen-bond acceptors (Lipinski definition) is 2. The van der Waals surface area contributed by atoms with E-state index in [-0.39, 0.29) is 5.91 Å². The smallest absolute Gasteiger partial charge is 0.315 e. The predicted octanol–water partition coefficient (Wildman–Crippen LogP) is 1.66. The summed E-state index contributed by atoms with van der Waals surface area (Å²) in [5, 5.41) is 2.91. The van der Waals surface area contributed by atoms with Crippen molar-refractivity contribution in [3.63, 3.8) is 0 Å². The van der Waals surface area contributed by atoms with E-state index in [2.05, 4.69) is 11.4 Å². The third-order valence-electron chi connectivity index (χ3n) is 4.20. The number of nitrogens with two attached hydrogens (primary N) is 1. The summed E-state index contributed by atoms with van der Waals surface area (Å²) in [6.45, 7) is 0.567. The highest BCUT2D eigenvalue weighted by Crippen LogP contribution is 2.25. The Hall–Kier alpha value is -2.04. The minimum atomic E-state index is -0.517. The molecule has 3 rings (SSSR count). The average Bonchev–Trinajstić information content (AvgIpc) is 3.06. The monoisotopic (exact) mass is 273 g/mol. The molecule has 1 fully saturated rings. The van der Waals surface area contributed by atoms with Crippen LogP contribution in [0.5, 0.6) is 0 Å². The van der Waals surface area contributed by atoms with Crippen LogP contribution in [0, 0.1) is 0 Å². The van der Waals surface area contributed by atoms with Crippen molar-refractivity contribution in [2.24, 2.45) is 5.73 Å². The Kier molecular flexibility index (Phi) is 3.34. The van der Waals surface area contributed by atoms with Crippen molar-refractivity contribution in [1.29, 1.82) is 0 Å². The van der Waals surface area contributed by atoms with Gasteiger partial charge in [-0.2, -0.15) is 0 Å². The number of nitrogens with one attached hydrogen (secondary N) is 1. The number of benzene rings is 1. The fraction of sp³-hybridized carbons (Fsp3) is 0.467. The zero-order chi connectivity index (χ0) is 14.1. The molecule has 2 aliphatic rings. The highest BCUT2D eigenvalue weighted by atomic mass is 16.2. The Morgan fingerprint density at radius 1 is 1.20 bits per heavy atom. The fourth-order valence-corrected chi connectivity index (χ4v) is 3.18. The topological polar surface area (TPSA) is 75.4 Å². The van der Waals surface area contributed by atoms with E-state index in [1.54, 1.807) is 0 Å². The molecule has 1 heterocycles. The maximum absolute atomic E-state index is 12.3. The molecule has 0 unspecified atom stereocenters. The summed E-state index contributed by atoms with van der Waals surface area (Å²) >= 11 is 0. The largest absolute Gasteiger partial charge is 0.351 e. The number of aryl methyl sites for hydroxylation is 2. The van der Waals surface area contributed by atoms with Crippen molar-refractivity contribution in [2.45, 2.75) is 38.1 Å². The first-order valence-corrected chi connectivity index (χ1v) is 7.14. The van der Waals surface area contributed by atoms with Gasteiger partial charge in [0.25, 0.3) is 0 Å². The number of primary amides is 1. The lowest BCUT2D eigenvalue weighted by atomic mass is 10.1. The summed E-state index contributed by atoms with van der Waals surface area (Å²) in [7, 11) is 0. The zero-order valence-electron chi connectivity index (χ0n) is 11.4. The first-order valence-electron chi connectivity index (χ1n) is 7.14. The van der Waals surface area contributed by atoms with Crippen LogP contribution < -0.4 is 11.1 Å². The average molecular weight is 273 g/mol. The van der Waals surface area contributed by atoms with Gasteiger partial charge in [-0.25, -0.2) is 4.79 Å². The maximum atomic E-state index is 12.3. The minimum absolute atomic E-state index is 0.140. The van der Waals surface area contributed by atoms with Crippen LogP contribution in [-0.2, 0) is 17.6 Å². The van der Waals surface area contributed by atoms with Crippen molar-refractivity contribution < 1.29 is 9.59 Å². The van der Waals surface area contributed by atoms with Crippen LogP contribution >= 0.6 is 0 Å². The normalized spacial score (nSPS) is 20.8. The van der Waals surface area contributed by atoms with E-state index in [1.807, 2.05) is 12.1 Å². The SMILES string of the molecule is NC(=O)N1CCC[C@H]1C(=O)Nc1ccc2c(c1)CCC2. The first-order chi connectivity index (χ1) is 9.65. The Morgan fingerprint density at radius 2 is 2.00 bits per heavy atom. The summed E-state index contributed by atoms with van der Waals surface area (Å²) < 4.78 is 0. The van der Waals surface area contributed by atoms with E-state index < -0.39 is 12.1 Å². The van der Waals surface area contributed by atoms with E-state index in [4.69, 9.17) is 5.73 Å². The molecule has 1 aromatic carbocycles. The van der Waals surface area contributed by atoms with Crippen molar-refractivity contribution in [3.8, 4) is 0 Å². The molecule has 0 spiro atoms. The molecule has 0 radical (unpaired) electrons. The molecule has 1 aliphatic heterocycles. The van der Waals surface area contributed by atoms with Gasteiger partial charge in [-0.3, -0.25) is 4.79 Å². The molecule has 5 nitrogen and oxygen atoms in total. The van der Waals surface area contributed by atoms with Crippen LogP contribution in [0.25, 0.3) is 0 Å². The molecule has 1 saturated heterocycles. The molecule has 1 atom stereocenters. The van der Waals surface area contributed by atoms with Crippen LogP contribution in [0.3, 0.4) is 0 Å². The Balaban J connectivity index is 1.71. The number of nitrogens with zero attached hydrogens (tertiary/aromatic N) is 1. The van der Waals surface area contributed by atoms with Gasteiger partial charge in [0.05, 0.1) is 0 Å². The van der Waals surface area contributed by atoms with Crippen LogP contribution in [0.15, 0.2) is 18.2 Å². The van der Waals surface area contributed by atoms with Gasteiger partial charge < -0.3 is 16.0 Å². The third kappa shape index (κ3) is 2.35. The molecule has 5 heteroatoms. The number of fused-ring (bicyclic) bond motifs is 1. The number of likely N-dealkylation sites (tertiary alicyclic amines) is 1. The van der Waals surface area contributed by atoms with Crippen molar-refractivity contribution in [3.05, 3.63) is 29.3 Å². The Labute approximate surface area is 118 Å². The molecule has 1 aliphatic carbocycles. The van der Waals surface area contributed by atoms with Crippen LogP contribution in [-0.4, -0.2) is 29.4 Å². The van der Waals surface area contributed by atoms with Gasteiger partial charge in [-0.1, -0.05) is 6.07 Å². The fourth-order valence-electron chi connectivity index (χ4n) is 3.18. The van der Waals surface area contributed by atoms with Gasteiger partial charge in [-0.15, -0.1) is 0 Å². The molecule has 106 valence electrons. The molecule has 3 N–H and O–H groups in total. The molecule has 20 heavy (non-hydrogen) atoms. The Morgan fingerprint density at radius 3 is 2.80 bits per heavy atom. The van der Waals surface area contributed by atoms with E-state index in [9.17, 15) is 9.59 Å². The minimum Gasteiger partial charge on any atom is -0.351 e. The van der Waals surface area contributed by atoms with Crippen LogP contribution in [0.1, 0.15) is 30.4 Å². The van der Waals surface area contributed by atoms with Crippen LogP contribution in [0.4, 0.5) is 10.5 Å². The highest BCUT2D eigenvalue weighted by Gasteiger charge is 2.33. The van der Waals surface area contributed by atoms with Crippen molar-refractivity contribution in [1.82, 2.24) is 4.90 Å². The van der Waals surface area contributed by atoms with Gasteiger partial charge in [-0.05, 0) is 55.4 Å². The zero-order valence-corrected chi connectivity index (χ0v) is 11.4. The number of carbonyl (C=O) groups excluding carboxylic acids is 2. The number of rotatable bonds is 2. The quantitative estimate of drug-likeness (QED) is 0.859. The van der Waals surface area contributed by atoms with Gasteiger partial charge in [0.1, 0.15) is 6.04 Å². The second-order valence-corrected chi connectivity index (χ2v) is 5.52. The summed E-state index contributed by atoms with van der Waals surface area (Å²) in [5.74, 6) is -0.140. The van der Waals surface area contributed by atoms with E-state index in [1.165, 1.54) is 22.4 Å². The predicted molar refractivity (Wildman–Crippen MR) is 76.4 cm³/mol. The summed E-state index contributed by atoms with van der Waals surface area (Å²) in [6.07, 6.45) is 4.90. The first kappa shape index (κ1) is 13.0. The van der Waals surface area contributed by atoms with E-state index in [0.29, 0.717) is 13.0 Å².